The average molecular weight is 264 g/mol. The van der Waals surface area contributed by atoms with E-state index in [-0.39, 0.29) is 5.78 Å². The molecular weight excluding hydrogens is 252 g/mol. The van der Waals surface area contributed by atoms with Gasteiger partial charge in [-0.25, -0.2) is 4.79 Å². The minimum atomic E-state index is -0.426. The van der Waals surface area contributed by atoms with Crippen molar-refractivity contribution in [2.24, 2.45) is 0 Å². The Morgan fingerprint density at radius 2 is 1.50 bits per heavy atom. The molecule has 0 N–H and O–H groups in total. The van der Waals surface area contributed by atoms with Crippen molar-refractivity contribution in [1.82, 2.24) is 0 Å². The normalized spacial score (nSPS) is 10.7. The van der Waals surface area contributed by atoms with Crippen LogP contribution in [-0.2, 0) is 0 Å². The Bertz CT molecular complexity index is 845. The molecule has 0 saturated carbocycles. The van der Waals surface area contributed by atoms with Crippen LogP contribution in [0.4, 0.5) is 0 Å². The summed E-state index contributed by atoms with van der Waals surface area (Å²) in [7, 11) is 0. The fourth-order valence-corrected chi connectivity index (χ4v) is 2.34. The van der Waals surface area contributed by atoms with E-state index in [1.165, 1.54) is 6.92 Å². The molecule has 0 aliphatic heterocycles. The number of hydrogen-bond acceptors (Lipinski definition) is 3. The van der Waals surface area contributed by atoms with Crippen LogP contribution in [-0.4, -0.2) is 5.78 Å². The van der Waals surface area contributed by atoms with Gasteiger partial charge in [-0.3, -0.25) is 4.79 Å². The van der Waals surface area contributed by atoms with Crippen molar-refractivity contribution < 1.29 is 9.21 Å². The Morgan fingerprint density at radius 1 is 0.900 bits per heavy atom. The number of rotatable bonds is 2. The highest BCUT2D eigenvalue weighted by Crippen LogP contribution is 2.28. The second kappa shape index (κ2) is 4.78. The van der Waals surface area contributed by atoms with Gasteiger partial charge in [-0.2, -0.15) is 0 Å². The van der Waals surface area contributed by atoms with Crippen LogP contribution in [0.25, 0.3) is 22.1 Å². The topological polar surface area (TPSA) is 47.3 Å². The summed E-state index contributed by atoms with van der Waals surface area (Å²) in [6.07, 6.45) is 0. The first-order chi connectivity index (χ1) is 9.68. The Morgan fingerprint density at radius 3 is 2.15 bits per heavy atom. The van der Waals surface area contributed by atoms with Gasteiger partial charge in [0.05, 0.1) is 10.9 Å². The molecule has 0 unspecified atom stereocenters. The van der Waals surface area contributed by atoms with Crippen molar-refractivity contribution >= 4 is 16.6 Å². The monoisotopic (exact) mass is 264 g/mol. The molecule has 20 heavy (non-hydrogen) atoms. The summed E-state index contributed by atoms with van der Waals surface area (Å²) in [6.45, 7) is 1.48. The quantitative estimate of drug-likeness (QED) is 0.663. The van der Waals surface area contributed by atoms with E-state index >= 15 is 0 Å². The molecule has 3 heteroatoms. The predicted octanol–water partition coefficient (Wildman–Crippen LogP) is 3.66. The fourth-order valence-electron chi connectivity index (χ4n) is 2.34. The molecule has 0 aliphatic rings. The SMILES string of the molecule is CC(=O)c1c(-c2ccccc2)oc(=O)c2ccccc12. The van der Waals surface area contributed by atoms with Crippen LogP contribution in [0, 0.1) is 0 Å². The fraction of sp³-hybridized carbons (Fsp3) is 0.0588. The summed E-state index contributed by atoms with van der Waals surface area (Å²) >= 11 is 0. The maximum absolute atomic E-state index is 12.1. The van der Waals surface area contributed by atoms with Gasteiger partial charge in [-0.05, 0) is 13.0 Å². The minimum absolute atomic E-state index is 0.121. The summed E-state index contributed by atoms with van der Waals surface area (Å²) in [6, 6.07) is 16.2. The molecule has 0 aliphatic carbocycles. The van der Waals surface area contributed by atoms with Gasteiger partial charge in [-0.15, -0.1) is 0 Å². The molecule has 0 spiro atoms. The Hall–Kier alpha value is -2.68. The molecule has 2 aromatic carbocycles. The van der Waals surface area contributed by atoms with E-state index in [2.05, 4.69) is 0 Å². The maximum atomic E-state index is 12.1. The van der Waals surface area contributed by atoms with Crippen LogP contribution >= 0.6 is 0 Å². The summed E-state index contributed by atoms with van der Waals surface area (Å²) < 4.78 is 5.39. The molecule has 0 bridgehead atoms. The number of carbonyl (C=O) groups excluding carboxylic acids is 1. The van der Waals surface area contributed by atoms with E-state index in [0.29, 0.717) is 22.1 Å². The number of ketones is 1. The number of carbonyl (C=O) groups is 1. The highest BCUT2D eigenvalue weighted by atomic mass is 16.4. The predicted molar refractivity (Wildman–Crippen MR) is 77.9 cm³/mol. The van der Waals surface area contributed by atoms with Crippen LogP contribution in [0.3, 0.4) is 0 Å². The highest BCUT2D eigenvalue weighted by molar-refractivity contribution is 6.10. The lowest BCUT2D eigenvalue weighted by atomic mass is 9.99. The van der Waals surface area contributed by atoms with Gasteiger partial charge in [0.25, 0.3) is 0 Å². The van der Waals surface area contributed by atoms with Crippen LogP contribution in [0.15, 0.2) is 63.8 Å². The molecule has 0 radical (unpaired) electrons. The zero-order chi connectivity index (χ0) is 14.1. The Balaban J connectivity index is 2.47. The third-order valence-corrected chi connectivity index (χ3v) is 3.23. The van der Waals surface area contributed by atoms with E-state index in [1.54, 1.807) is 18.2 Å². The summed E-state index contributed by atoms with van der Waals surface area (Å²) in [4.78, 5) is 24.1. The van der Waals surface area contributed by atoms with Crippen molar-refractivity contribution in [2.45, 2.75) is 6.92 Å². The number of fused-ring (bicyclic) bond motifs is 1. The molecule has 0 fully saturated rings. The minimum Gasteiger partial charge on any atom is -0.421 e. The lowest BCUT2D eigenvalue weighted by Crippen LogP contribution is -2.07. The van der Waals surface area contributed by atoms with Crippen LogP contribution < -0.4 is 5.63 Å². The average Bonchev–Trinajstić information content (AvgIpc) is 2.47. The van der Waals surface area contributed by atoms with Crippen LogP contribution in [0.5, 0.6) is 0 Å². The van der Waals surface area contributed by atoms with E-state index in [0.717, 1.165) is 5.56 Å². The molecule has 3 aromatic rings. The zero-order valence-corrected chi connectivity index (χ0v) is 10.9. The summed E-state index contributed by atoms with van der Waals surface area (Å²) in [5.41, 5.74) is 0.747. The van der Waals surface area contributed by atoms with Crippen molar-refractivity contribution in [3.05, 3.63) is 70.6 Å². The summed E-state index contributed by atoms with van der Waals surface area (Å²) in [5.74, 6) is 0.214. The van der Waals surface area contributed by atoms with Gasteiger partial charge in [0.15, 0.2) is 5.78 Å². The van der Waals surface area contributed by atoms with Crippen LogP contribution in [0.2, 0.25) is 0 Å². The van der Waals surface area contributed by atoms with Gasteiger partial charge in [-0.1, -0.05) is 48.5 Å². The van der Waals surface area contributed by atoms with Crippen LogP contribution in [0.1, 0.15) is 17.3 Å². The second-order valence-corrected chi connectivity index (χ2v) is 4.56. The third-order valence-electron chi connectivity index (χ3n) is 3.23. The molecule has 98 valence electrons. The maximum Gasteiger partial charge on any atom is 0.344 e. The number of Topliss-reactive ketones (excluding diaryl/α,β-unsaturated/α-hetero) is 1. The molecule has 1 heterocycles. The lowest BCUT2D eigenvalue weighted by molar-refractivity contribution is 0.101. The van der Waals surface area contributed by atoms with Crippen molar-refractivity contribution in [1.29, 1.82) is 0 Å². The second-order valence-electron chi connectivity index (χ2n) is 4.56. The molecular formula is C17H12O3. The first kappa shape index (κ1) is 12.4. The molecule has 0 saturated heterocycles. The molecule has 3 nitrogen and oxygen atoms in total. The van der Waals surface area contributed by atoms with Gasteiger partial charge in [0.2, 0.25) is 0 Å². The van der Waals surface area contributed by atoms with E-state index in [1.807, 2.05) is 36.4 Å². The standard InChI is InChI=1S/C17H12O3/c1-11(18)15-13-9-5-6-10-14(13)17(19)20-16(15)12-7-3-2-4-8-12/h2-10H,1H3. The van der Waals surface area contributed by atoms with Crippen molar-refractivity contribution in [3.8, 4) is 11.3 Å². The molecule has 1 aromatic heterocycles. The van der Waals surface area contributed by atoms with Gasteiger partial charge >= 0.3 is 5.63 Å². The number of hydrogen-bond donors (Lipinski definition) is 0. The molecule has 0 atom stereocenters. The van der Waals surface area contributed by atoms with Gasteiger partial charge in [0.1, 0.15) is 5.76 Å². The van der Waals surface area contributed by atoms with Gasteiger partial charge in [0, 0.05) is 10.9 Å². The van der Waals surface area contributed by atoms with Crippen molar-refractivity contribution in [2.75, 3.05) is 0 Å². The first-order valence-corrected chi connectivity index (χ1v) is 6.30. The Kier molecular flexibility index (Phi) is 2.95. The summed E-state index contributed by atoms with van der Waals surface area (Å²) in [5, 5.41) is 1.06. The molecule has 0 amide bonds. The smallest absolute Gasteiger partial charge is 0.344 e. The van der Waals surface area contributed by atoms with E-state index in [4.69, 9.17) is 4.42 Å². The number of benzene rings is 2. The van der Waals surface area contributed by atoms with E-state index in [9.17, 15) is 9.59 Å². The highest BCUT2D eigenvalue weighted by Gasteiger charge is 2.18. The third kappa shape index (κ3) is 1.93. The Labute approximate surface area is 115 Å². The van der Waals surface area contributed by atoms with E-state index < -0.39 is 5.63 Å². The lowest BCUT2D eigenvalue weighted by Gasteiger charge is -2.08. The zero-order valence-electron chi connectivity index (χ0n) is 10.9. The molecule has 3 rings (SSSR count). The largest absolute Gasteiger partial charge is 0.421 e. The van der Waals surface area contributed by atoms with Crippen molar-refractivity contribution in [3.63, 3.8) is 0 Å². The first-order valence-electron chi connectivity index (χ1n) is 6.30. The van der Waals surface area contributed by atoms with Gasteiger partial charge < -0.3 is 4.42 Å².